The number of sulfonamides is 1. The summed E-state index contributed by atoms with van der Waals surface area (Å²) in [7, 11) is -2.45. The quantitative estimate of drug-likeness (QED) is 0.346. The Morgan fingerprint density at radius 2 is 1.83 bits per heavy atom. The minimum absolute atomic E-state index is 0.0841. The van der Waals surface area contributed by atoms with Gasteiger partial charge in [0.15, 0.2) is 16.4 Å². The number of benzene rings is 1. The van der Waals surface area contributed by atoms with E-state index >= 15 is 0 Å². The van der Waals surface area contributed by atoms with E-state index in [1.165, 1.54) is 41.8 Å². The number of carbonyl (C=O) groups is 2. The zero-order chi connectivity index (χ0) is 30.9. The largest absolute Gasteiger partial charge is 0.487 e. The third-order valence-corrected chi connectivity index (χ3v) is 8.84. The van der Waals surface area contributed by atoms with Gasteiger partial charge in [0.1, 0.15) is 28.9 Å². The van der Waals surface area contributed by atoms with Gasteiger partial charge in [-0.25, -0.2) is 13.2 Å². The maximum Gasteiger partial charge on any atom is 0.321 e. The number of ether oxygens (including phenoxy) is 1. The van der Waals surface area contributed by atoms with E-state index in [2.05, 4.69) is 20.4 Å². The maximum atomic E-state index is 13.7. The summed E-state index contributed by atoms with van der Waals surface area (Å²) in [5, 5.41) is 20.3. The van der Waals surface area contributed by atoms with Crippen LogP contribution in [0.2, 0.25) is 0 Å². The van der Waals surface area contributed by atoms with Gasteiger partial charge in [-0.2, -0.15) is 0 Å². The lowest BCUT2D eigenvalue weighted by Gasteiger charge is -2.38. The lowest BCUT2D eigenvalue weighted by Crippen LogP contribution is -2.50. The molecule has 0 unspecified atom stereocenters. The number of likely N-dealkylation sites (N-methyl/N-ethyl adjacent to an activating group) is 1. The van der Waals surface area contributed by atoms with Crippen LogP contribution in [0, 0.1) is 33.6 Å². The predicted molar refractivity (Wildman–Crippen MR) is 152 cm³/mol. The molecule has 0 saturated carbocycles. The van der Waals surface area contributed by atoms with Gasteiger partial charge in [0.05, 0.1) is 24.8 Å². The van der Waals surface area contributed by atoms with Gasteiger partial charge in [-0.15, -0.1) is 0 Å². The zero-order valence-corrected chi connectivity index (χ0v) is 25.4. The molecule has 14 nitrogen and oxygen atoms in total. The number of rotatable bonds is 8. The van der Waals surface area contributed by atoms with Crippen molar-refractivity contribution in [1.29, 1.82) is 0 Å². The van der Waals surface area contributed by atoms with E-state index in [1.54, 1.807) is 27.8 Å². The minimum atomic E-state index is -4.07. The second-order valence-electron chi connectivity index (χ2n) is 10.6. The number of hydrogen-bond acceptors (Lipinski definition) is 10. The summed E-state index contributed by atoms with van der Waals surface area (Å²) in [6.07, 6.45) is -0.560. The van der Waals surface area contributed by atoms with Gasteiger partial charge in [0, 0.05) is 25.2 Å². The van der Waals surface area contributed by atoms with Crippen LogP contribution < -0.4 is 14.8 Å². The Morgan fingerprint density at radius 3 is 2.43 bits per heavy atom. The average Bonchev–Trinajstić information content (AvgIpc) is 3.45. The van der Waals surface area contributed by atoms with E-state index in [1.807, 2.05) is 6.92 Å². The number of amides is 3. The first-order valence-corrected chi connectivity index (χ1v) is 14.8. The van der Waals surface area contributed by atoms with Crippen molar-refractivity contribution in [2.24, 2.45) is 5.92 Å². The third-order valence-electron chi connectivity index (χ3n) is 7.22. The summed E-state index contributed by atoms with van der Waals surface area (Å²) in [4.78, 5) is 29.6. The highest BCUT2D eigenvalue weighted by molar-refractivity contribution is 7.92. The van der Waals surface area contributed by atoms with Gasteiger partial charge in [-0.1, -0.05) is 17.2 Å². The number of urea groups is 1. The highest BCUT2D eigenvalue weighted by Gasteiger charge is 2.35. The zero-order valence-electron chi connectivity index (χ0n) is 24.6. The van der Waals surface area contributed by atoms with Crippen LogP contribution in [0.25, 0.3) is 0 Å². The SMILES string of the molecule is Cc1noc(C)c1NC(=O)N(C)C[C@@H]1Oc2ccc(NS(=O)(=O)c3c(C)noc3C)cc2C(=O)N([C@H](C)CO)C[C@H]1C. The van der Waals surface area contributed by atoms with Crippen molar-refractivity contribution in [3.8, 4) is 5.75 Å². The normalized spacial score (nSPS) is 18.0. The number of aliphatic hydroxyl groups is 1. The Bertz CT molecular complexity index is 1540. The standard InChI is InChI=1S/C27H36N6O8S/c1-14-11-33(15(2)13-34)26(35)21-10-20(31-42(37,38)25-17(4)30-41-19(25)6)8-9-22(21)39-23(14)12-32(7)27(36)28-24-16(3)29-40-18(24)5/h8-10,14-15,23,31,34H,11-13H2,1-7H3,(H,28,36)/t14-,15-,23+/m1/s1. The van der Waals surface area contributed by atoms with E-state index in [0.717, 1.165) is 0 Å². The van der Waals surface area contributed by atoms with Crippen LogP contribution >= 0.6 is 0 Å². The van der Waals surface area contributed by atoms with Crippen LogP contribution in [-0.4, -0.2) is 84.5 Å². The minimum Gasteiger partial charge on any atom is -0.487 e. The lowest BCUT2D eigenvalue weighted by molar-refractivity contribution is 0.0371. The fraction of sp³-hybridized carbons (Fsp3) is 0.481. The number of anilines is 2. The number of nitrogens with zero attached hydrogens (tertiary/aromatic N) is 4. The Balaban J connectivity index is 1.64. The molecule has 3 atom stereocenters. The van der Waals surface area contributed by atoms with Crippen LogP contribution in [0.15, 0.2) is 32.1 Å². The Kier molecular flexibility index (Phi) is 8.82. The second-order valence-corrected chi connectivity index (χ2v) is 12.2. The molecule has 3 N–H and O–H groups in total. The Morgan fingerprint density at radius 1 is 1.17 bits per heavy atom. The number of carbonyl (C=O) groups excluding carboxylic acids is 2. The van der Waals surface area contributed by atoms with Crippen molar-refractivity contribution < 1.29 is 36.9 Å². The first kappa shape index (κ1) is 30.8. The number of hydrogen-bond donors (Lipinski definition) is 3. The summed E-state index contributed by atoms with van der Waals surface area (Å²) >= 11 is 0. The number of fused-ring (bicyclic) bond motifs is 1. The smallest absolute Gasteiger partial charge is 0.321 e. The molecule has 15 heteroatoms. The van der Waals surface area contributed by atoms with Crippen molar-refractivity contribution >= 4 is 33.3 Å². The van der Waals surface area contributed by atoms with Gasteiger partial charge in [0.2, 0.25) is 0 Å². The molecule has 0 saturated heterocycles. The van der Waals surface area contributed by atoms with E-state index in [4.69, 9.17) is 13.8 Å². The van der Waals surface area contributed by atoms with Crippen molar-refractivity contribution in [2.45, 2.75) is 58.6 Å². The van der Waals surface area contributed by atoms with Crippen molar-refractivity contribution in [3.05, 3.63) is 46.7 Å². The molecule has 3 amide bonds. The summed E-state index contributed by atoms with van der Waals surface area (Å²) in [6.45, 7) is 10.1. The molecule has 2 aromatic heterocycles. The first-order chi connectivity index (χ1) is 19.7. The number of aryl methyl sites for hydroxylation is 4. The predicted octanol–water partition coefficient (Wildman–Crippen LogP) is 3.08. The molecule has 0 fully saturated rings. The molecule has 0 aliphatic carbocycles. The summed E-state index contributed by atoms with van der Waals surface area (Å²) < 4.78 is 45.1. The van der Waals surface area contributed by atoms with E-state index in [9.17, 15) is 23.1 Å². The fourth-order valence-electron chi connectivity index (χ4n) is 4.79. The average molecular weight is 605 g/mol. The first-order valence-electron chi connectivity index (χ1n) is 13.4. The van der Waals surface area contributed by atoms with Gasteiger partial charge >= 0.3 is 6.03 Å². The summed E-state index contributed by atoms with van der Waals surface area (Å²) in [5.41, 5.74) is 1.47. The molecule has 3 aromatic rings. The molecule has 42 heavy (non-hydrogen) atoms. The van der Waals surface area contributed by atoms with E-state index in [0.29, 0.717) is 17.1 Å². The second kappa shape index (κ2) is 12.0. The molecule has 0 bridgehead atoms. The van der Waals surface area contributed by atoms with Gasteiger partial charge in [0.25, 0.3) is 15.9 Å². The molecule has 1 aromatic carbocycles. The molecule has 1 aliphatic rings. The number of nitrogens with one attached hydrogen (secondary N) is 2. The molecule has 3 heterocycles. The highest BCUT2D eigenvalue weighted by Crippen LogP contribution is 2.32. The fourth-order valence-corrected chi connectivity index (χ4v) is 6.17. The maximum absolute atomic E-state index is 13.7. The molecular weight excluding hydrogens is 568 g/mol. The molecule has 1 aliphatic heterocycles. The van der Waals surface area contributed by atoms with Crippen molar-refractivity contribution in [1.82, 2.24) is 20.1 Å². The summed E-state index contributed by atoms with van der Waals surface area (Å²) in [5.74, 6) is 0.147. The van der Waals surface area contributed by atoms with Crippen LogP contribution in [-0.2, 0) is 10.0 Å². The van der Waals surface area contributed by atoms with E-state index in [-0.39, 0.29) is 59.0 Å². The van der Waals surface area contributed by atoms with Gasteiger partial charge in [-0.05, 0) is 52.8 Å². The van der Waals surface area contributed by atoms with Crippen LogP contribution in [0.4, 0.5) is 16.2 Å². The van der Waals surface area contributed by atoms with Crippen molar-refractivity contribution in [3.63, 3.8) is 0 Å². The van der Waals surface area contributed by atoms with Crippen LogP contribution in [0.5, 0.6) is 5.75 Å². The number of aliphatic hydroxyl groups excluding tert-OH is 1. The highest BCUT2D eigenvalue weighted by atomic mass is 32.2. The monoisotopic (exact) mass is 604 g/mol. The van der Waals surface area contributed by atoms with Gasteiger partial charge in [-0.3, -0.25) is 9.52 Å². The van der Waals surface area contributed by atoms with Crippen molar-refractivity contribution in [2.75, 3.05) is 36.8 Å². The molecule has 4 rings (SSSR count). The molecule has 0 spiro atoms. The third kappa shape index (κ3) is 6.21. The summed E-state index contributed by atoms with van der Waals surface area (Å²) in [6, 6.07) is 3.46. The lowest BCUT2D eigenvalue weighted by atomic mass is 9.99. The number of aromatic nitrogens is 2. The topological polar surface area (TPSA) is 180 Å². The Hall–Kier alpha value is -4.11. The molecular formula is C27H36N6O8S. The van der Waals surface area contributed by atoms with Crippen LogP contribution in [0.1, 0.15) is 47.1 Å². The molecule has 0 radical (unpaired) electrons. The molecule has 228 valence electrons. The van der Waals surface area contributed by atoms with E-state index < -0.39 is 34.1 Å². The van der Waals surface area contributed by atoms with Crippen LogP contribution in [0.3, 0.4) is 0 Å². The Labute approximate surface area is 244 Å². The van der Waals surface area contributed by atoms with Gasteiger partial charge < -0.3 is 34.0 Å².